The zero-order chi connectivity index (χ0) is 13.1. The Bertz CT molecular complexity index is 332. The highest BCUT2D eigenvalue weighted by atomic mass is 16.2. The minimum Gasteiger partial charge on any atom is -0.353 e. The average molecular weight is 253 g/mol. The van der Waals surface area contributed by atoms with Crippen molar-refractivity contribution in [3.8, 4) is 0 Å². The summed E-state index contributed by atoms with van der Waals surface area (Å²) in [5.41, 5.74) is 5.97. The molecule has 0 aromatic rings. The van der Waals surface area contributed by atoms with Gasteiger partial charge in [-0.25, -0.2) is 0 Å². The molecule has 0 bridgehead atoms. The predicted molar refractivity (Wildman–Crippen MR) is 68.7 cm³/mol. The lowest BCUT2D eigenvalue weighted by atomic mass is 9.78. The number of amides is 2. The Labute approximate surface area is 108 Å². The molecule has 0 spiro atoms. The van der Waals surface area contributed by atoms with Crippen molar-refractivity contribution in [2.45, 2.75) is 38.6 Å². The Morgan fingerprint density at radius 3 is 2.94 bits per heavy atom. The van der Waals surface area contributed by atoms with Gasteiger partial charge in [-0.3, -0.25) is 9.59 Å². The molecule has 1 heterocycles. The summed E-state index contributed by atoms with van der Waals surface area (Å²) in [5, 5.41) is 2.74. The zero-order valence-electron chi connectivity index (χ0n) is 11.0. The van der Waals surface area contributed by atoms with Crippen molar-refractivity contribution in [3.05, 3.63) is 0 Å². The van der Waals surface area contributed by atoms with Crippen LogP contribution in [0.2, 0.25) is 0 Å². The topological polar surface area (TPSA) is 75.4 Å². The summed E-state index contributed by atoms with van der Waals surface area (Å²) >= 11 is 0. The van der Waals surface area contributed by atoms with Gasteiger partial charge < -0.3 is 16.0 Å². The third kappa shape index (κ3) is 3.02. The third-order valence-electron chi connectivity index (χ3n) is 4.20. The van der Waals surface area contributed by atoms with Gasteiger partial charge in [0.05, 0.1) is 6.54 Å². The normalized spacial score (nSPS) is 30.8. The molecule has 5 nitrogen and oxygen atoms in total. The number of rotatable bonds is 2. The molecule has 3 N–H and O–H groups in total. The lowest BCUT2D eigenvalue weighted by Crippen LogP contribution is -2.52. The van der Waals surface area contributed by atoms with Crippen LogP contribution in [0.1, 0.15) is 32.6 Å². The molecule has 2 aliphatic rings. The number of carbonyl (C=O) groups is 2. The third-order valence-corrected chi connectivity index (χ3v) is 4.20. The van der Waals surface area contributed by atoms with Gasteiger partial charge in [0.15, 0.2) is 0 Å². The molecule has 1 aliphatic heterocycles. The van der Waals surface area contributed by atoms with E-state index in [1.807, 2.05) is 6.92 Å². The fraction of sp³-hybridized carbons (Fsp3) is 0.846. The van der Waals surface area contributed by atoms with Crippen LogP contribution in [0.5, 0.6) is 0 Å². The molecule has 1 saturated carbocycles. The van der Waals surface area contributed by atoms with Gasteiger partial charge in [-0.05, 0) is 25.2 Å². The standard InChI is InChI=1S/C13H23N3O2/c1-9(10-3-2-4-11(14)7-10)13(18)16-6-5-15-12(17)8-16/h9-11H,2-8,14H2,1H3,(H,15,17). The van der Waals surface area contributed by atoms with E-state index < -0.39 is 0 Å². The molecule has 0 aromatic carbocycles. The fourth-order valence-corrected chi connectivity index (χ4v) is 3.04. The maximum atomic E-state index is 12.4. The first-order valence-electron chi connectivity index (χ1n) is 6.89. The van der Waals surface area contributed by atoms with Gasteiger partial charge in [0.2, 0.25) is 11.8 Å². The molecular formula is C13H23N3O2. The van der Waals surface area contributed by atoms with Gasteiger partial charge in [0.1, 0.15) is 0 Å². The van der Waals surface area contributed by atoms with Crippen LogP contribution in [-0.2, 0) is 9.59 Å². The van der Waals surface area contributed by atoms with Crippen LogP contribution in [0.3, 0.4) is 0 Å². The van der Waals surface area contributed by atoms with Gasteiger partial charge in [-0.2, -0.15) is 0 Å². The van der Waals surface area contributed by atoms with Crippen LogP contribution in [0, 0.1) is 11.8 Å². The molecule has 18 heavy (non-hydrogen) atoms. The SMILES string of the molecule is CC(C(=O)N1CCNC(=O)C1)C1CCCC(N)C1. The molecule has 0 radical (unpaired) electrons. The second-order valence-corrected chi connectivity index (χ2v) is 5.59. The van der Waals surface area contributed by atoms with E-state index >= 15 is 0 Å². The van der Waals surface area contributed by atoms with Crippen molar-refractivity contribution in [3.63, 3.8) is 0 Å². The summed E-state index contributed by atoms with van der Waals surface area (Å²) < 4.78 is 0. The van der Waals surface area contributed by atoms with Gasteiger partial charge in [0.25, 0.3) is 0 Å². The van der Waals surface area contributed by atoms with Crippen molar-refractivity contribution in [2.75, 3.05) is 19.6 Å². The van der Waals surface area contributed by atoms with Gasteiger partial charge in [-0.1, -0.05) is 13.3 Å². The number of nitrogens with one attached hydrogen (secondary N) is 1. The van der Waals surface area contributed by atoms with E-state index in [1.54, 1.807) is 4.90 Å². The molecule has 5 heteroatoms. The zero-order valence-corrected chi connectivity index (χ0v) is 11.0. The molecule has 2 fully saturated rings. The number of hydrogen-bond donors (Lipinski definition) is 2. The van der Waals surface area contributed by atoms with Crippen LogP contribution < -0.4 is 11.1 Å². The number of piperazine rings is 1. The van der Waals surface area contributed by atoms with Crippen LogP contribution in [0.15, 0.2) is 0 Å². The summed E-state index contributed by atoms with van der Waals surface area (Å²) in [6, 6.07) is 0.239. The lowest BCUT2D eigenvalue weighted by Gasteiger charge is -2.35. The highest BCUT2D eigenvalue weighted by Crippen LogP contribution is 2.30. The van der Waals surface area contributed by atoms with Crippen molar-refractivity contribution < 1.29 is 9.59 Å². The molecule has 1 aliphatic carbocycles. The first kappa shape index (κ1) is 13.3. The average Bonchev–Trinajstić information content (AvgIpc) is 2.37. The maximum absolute atomic E-state index is 12.4. The summed E-state index contributed by atoms with van der Waals surface area (Å²) in [4.78, 5) is 25.3. The van der Waals surface area contributed by atoms with Crippen LogP contribution in [0.4, 0.5) is 0 Å². The maximum Gasteiger partial charge on any atom is 0.239 e. The first-order chi connectivity index (χ1) is 8.58. The van der Waals surface area contributed by atoms with Gasteiger partial charge in [0, 0.05) is 25.0 Å². The number of hydrogen-bond acceptors (Lipinski definition) is 3. The summed E-state index contributed by atoms with van der Waals surface area (Å²) in [7, 11) is 0. The van der Waals surface area contributed by atoms with Crippen LogP contribution >= 0.6 is 0 Å². The minimum absolute atomic E-state index is 0.0118. The molecule has 2 amide bonds. The van der Waals surface area contributed by atoms with E-state index in [0.29, 0.717) is 19.0 Å². The van der Waals surface area contributed by atoms with E-state index in [0.717, 1.165) is 25.7 Å². The molecular weight excluding hydrogens is 230 g/mol. The fourth-order valence-electron chi connectivity index (χ4n) is 3.04. The lowest BCUT2D eigenvalue weighted by molar-refractivity contribution is -0.142. The summed E-state index contributed by atoms with van der Waals surface area (Å²) in [6.07, 6.45) is 4.21. The molecule has 3 atom stereocenters. The van der Waals surface area contributed by atoms with Crippen molar-refractivity contribution in [1.29, 1.82) is 0 Å². The predicted octanol–water partition coefficient (Wildman–Crippen LogP) is 0.0984. The largest absolute Gasteiger partial charge is 0.353 e. The van der Waals surface area contributed by atoms with E-state index in [4.69, 9.17) is 5.73 Å². The second kappa shape index (κ2) is 5.69. The molecule has 102 valence electrons. The quantitative estimate of drug-likeness (QED) is 0.733. The second-order valence-electron chi connectivity index (χ2n) is 5.59. The Kier molecular flexibility index (Phi) is 4.22. The molecule has 0 aromatic heterocycles. The van der Waals surface area contributed by atoms with E-state index in [1.165, 1.54) is 0 Å². The Morgan fingerprint density at radius 2 is 2.28 bits per heavy atom. The van der Waals surface area contributed by atoms with E-state index in [9.17, 15) is 9.59 Å². The molecule has 2 rings (SSSR count). The van der Waals surface area contributed by atoms with Crippen molar-refractivity contribution in [1.82, 2.24) is 10.2 Å². The van der Waals surface area contributed by atoms with Gasteiger partial charge >= 0.3 is 0 Å². The number of nitrogens with zero attached hydrogens (tertiary/aromatic N) is 1. The van der Waals surface area contributed by atoms with E-state index in [2.05, 4.69) is 5.32 Å². The minimum atomic E-state index is -0.0536. The summed E-state index contributed by atoms with van der Waals surface area (Å²) in [6.45, 7) is 3.40. The Hall–Kier alpha value is -1.10. The Balaban J connectivity index is 1.92. The monoisotopic (exact) mass is 253 g/mol. The van der Waals surface area contributed by atoms with Crippen LogP contribution in [-0.4, -0.2) is 42.4 Å². The van der Waals surface area contributed by atoms with Crippen LogP contribution in [0.25, 0.3) is 0 Å². The molecule has 3 unspecified atom stereocenters. The number of carbonyl (C=O) groups excluding carboxylic acids is 2. The first-order valence-corrected chi connectivity index (χ1v) is 6.89. The summed E-state index contributed by atoms with van der Waals surface area (Å²) in [5.74, 6) is 0.430. The molecule has 1 saturated heterocycles. The van der Waals surface area contributed by atoms with E-state index in [-0.39, 0.29) is 30.3 Å². The smallest absolute Gasteiger partial charge is 0.239 e. The number of nitrogens with two attached hydrogens (primary N) is 1. The highest BCUT2D eigenvalue weighted by molar-refractivity contribution is 5.86. The van der Waals surface area contributed by atoms with Gasteiger partial charge in [-0.15, -0.1) is 0 Å². The highest BCUT2D eigenvalue weighted by Gasteiger charge is 2.32. The van der Waals surface area contributed by atoms with Crippen molar-refractivity contribution in [2.24, 2.45) is 17.6 Å². The Morgan fingerprint density at radius 1 is 1.50 bits per heavy atom. The van der Waals surface area contributed by atoms with Crippen molar-refractivity contribution >= 4 is 11.8 Å².